The summed E-state index contributed by atoms with van der Waals surface area (Å²) in [6.45, 7) is 7.14. The van der Waals surface area contributed by atoms with Crippen LogP contribution in [0.4, 0.5) is 0 Å². The van der Waals surface area contributed by atoms with Crippen LogP contribution in [0.15, 0.2) is 12.1 Å². The maximum absolute atomic E-state index is 12.5. The normalized spacial score (nSPS) is 22.0. The number of aliphatic hydroxyl groups is 1. The van der Waals surface area contributed by atoms with E-state index in [1.807, 2.05) is 13.0 Å². The van der Waals surface area contributed by atoms with E-state index in [9.17, 15) is 9.90 Å². The Morgan fingerprint density at radius 2 is 1.84 bits per heavy atom. The zero-order valence-corrected chi connectivity index (χ0v) is 16.0. The first-order valence-electron chi connectivity index (χ1n) is 9.58. The van der Waals surface area contributed by atoms with E-state index in [0.29, 0.717) is 6.61 Å². The second kappa shape index (κ2) is 9.12. The van der Waals surface area contributed by atoms with Crippen LogP contribution in [0.1, 0.15) is 54.9 Å². The molecule has 1 aromatic rings. The molecule has 6 heteroatoms. The minimum Gasteiger partial charge on any atom is -0.465 e. The van der Waals surface area contributed by atoms with Crippen molar-refractivity contribution >= 4 is 17.3 Å². The van der Waals surface area contributed by atoms with Crippen LogP contribution in [-0.4, -0.2) is 59.7 Å². The smallest absolute Gasteiger partial charge is 0.326 e. The Kier molecular flexibility index (Phi) is 6.87. The molecule has 3 rings (SSSR count). The summed E-state index contributed by atoms with van der Waals surface area (Å²) >= 11 is 1.63. The van der Waals surface area contributed by atoms with Crippen molar-refractivity contribution in [2.45, 2.75) is 57.7 Å². The van der Waals surface area contributed by atoms with Gasteiger partial charge in [-0.1, -0.05) is 6.42 Å². The lowest BCUT2D eigenvalue weighted by Gasteiger charge is -2.35. The highest BCUT2D eigenvalue weighted by Crippen LogP contribution is 2.31. The molecule has 0 aliphatic carbocycles. The van der Waals surface area contributed by atoms with Gasteiger partial charge >= 0.3 is 5.97 Å². The topological polar surface area (TPSA) is 53.0 Å². The van der Waals surface area contributed by atoms with Crippen molar-refractivity contribution in [2.75, 3.05) is 32.8 Å². The van der Waals surface area contributed by atoms with E-state index in [1.165, 1.54) is 24.1 Å². The molecular formula is C19H30N2O3S. The number of rotatable bonds is 7. The molecule has 0 aromatic carbocycles. The number of aliphatic hydroxyl groups excluding tert-OH is 1. The average molecular weight is 367 g/mol. The molecule has 2 aliphatic rings. The molecule has 2 fully saturated rings. The monoisotopic (exact) mass is 366 g/mol. The number of nitrogens with zero attached hydrogens (tertiary/aromatic N) is 2. The fourth-order valence-electron chi connectivity index (χ4n) is 3.86. The standard InChI is InChI=1S/C19H30N2O3S/c1-2-24-19(23)17(21-12-4-3-5-13-21)18(22)16-9-8-15(25-16)14-20-10-6-7-11-20/h8-9,17-18,22H,2-7,10-14H2,1H3. The highest BCUT2D eigenvalue weighted by Gasteiger charge is 2.36. The van der Waals surface area contributed by atoms with Crippen molar-refractivity contribution in [1.29, 1.82) is 0 Å². The summed E-state index contributed by atoms with van der Waals surface area (Å²) in [7, 11) is 0. The lowest BCUT2D eigenvalue weighted by atomic mass is 10.0. The van der Waals surface area contributed by atoms with E-state index >= 15 is 0 Å². The largest absolute Gasteiger partial charge is 0.465 e. The van der Waals surface area contributed by atoms with Gasteiger partial charge in [0, 0.05) is 16.3 Å². The molecule has 2 unspecified atom stereocenters. The summed E-state index contributed by atoms with van der Waals surface area (Å²) in [5.41, 5.74) is 0. The third-order valence-corrected chi connectivity index (χ3v) is 6.30. The van der Waals surface area contributed by atoms with Crippen LogP contribution < -0.4 is 0 Å². The number of thiophene rings is 1. The molecule has 3 heterocycles. The summed E-state index contributed by atoms with van der Waals surface area (Å²) in [5.74, 6) is -0.300. The highest BCUT2D eigenvalue weighted by atomic mass is 32.1. The van der Waals surface area contributed by atoms with Crippen molar-refractivity contribution in [3.63, 3.8) is 0 Å². The van der Waals surface area contributed by atoms with Crippen molar-refractivity contribution < 1.29 is 14.6 Å². The van der Waals surface area contributed by atoms with Gasteiger partial charge < -0.3 is 9.84 Å². The predicted octanol–water partition coefficient (Wildman–Crippen LogP) is 2.79. The number of likely N-dealkylation sites (tertiary alicyclic amines) is 2. The molecular weight excluding hydrogens is 336 g/mol. The van der Waals surface area contributed by atoms with Crippen LogP contribution in [0, 0.1) is 0 Å². The Morgan fingerprint density at radius 1 is 1.16 bits per heavy atom. The third kappa shape index (κ3) is 4.82. The first-order valence-corrected chi connectivity index (χ1v) is 10.4. The number of carbonyl (C=O) groups is 1. The van der Waals surface area contributed by atoms with Gasteiger partial charge in [0.05, 0.1) is 6.61 Å². The average Bonchev–Trinajstić information content (AvgIpc) is 3.29. The molecule has 0 amide bonds. The van der Waals surface area contributed by atoms with Crippen LogP contribution in [-0.2, 0) is 16.1 Å². The third-order valence-electron chi connectivity index (χ3n) is 5.16. The zero-order valence-electron chi connectivity index (χ0n) is 15.2. The van der Waals surface area contributed by atoms with Gasteiger partial charge in [0.25, 0.3) is 0 Å². The second-order valence-corrected chi connectivity index (χ2v) is 8.23. The number of esters is 1. The zero-order chi connectivity index (χ0) is 17.6. The number of carbonyl (C=O) groups excluding carboxylic acids is 1. The van der Waals surface area contributed by atoms with Crippen LogP contribution in [0.5, 0.6) is 0 Å². The van der Waals surface area contributed by atoms with Crippen molar-refractivity contribution in [3.8, 4) is 0 Å². The van der Waals surface area contributed by atoms with Gasteiger partial charge in [0.2, 0.25) is 0 Å². The minimum absolute atomic E-state index is 0.300. The summed E-state index contributed by atoms with van der Waals surface area (Å²) in [5, 5.41) is 11.0. The maximum Gasteiger partial charge on any atom is 0.326 e. The van der Waals surface area contributed by atoms with Gasteiger partial charge in [-0.2, -0.15) is 0 Å². The van der Waals surface area contributed by atoms with Gasteiger partial charge in [-0.3, -0.25) is 14.6 Å². The van der Waals surface area contributed by atoms with Gasteiger partial charge in [-0.05, 0) is 70.9 Å². The van der Waals surface area contributed by atoms with E-state index in [2.05, 4.69) is 15.9 Å². The second-order valence-electron chi connectivity index (χ2n) is 7.03. The fourth-order valence-corrected chi connectivity index (χ4v) is 4.93. The molecule has 5 nitrogen and oxygen atoms in total. The molecule has 2 saturated heterocycles. The lowest BCUT2D eigenvalue weighted by Crippen LogP contribution is -2.48. The SMILES string of the molecule is CCOC(=O)C(C(O)c1ccc(CN2CCCC2)s1)N1CCCCC1. The predicted molar refractivity (Wildman–Crippen MR) is 99.6 cm³/mol. The maximum atomic E-state index is 12.5. The van der Waals surface area contributed by atoms with Crippen LogP contribution in [0.2, 0.25) is 0 Å². The van der Waals surface area contributed by atoms with Crippen LogP contribution >= 0.6 is 11.3 Å². The van der Waals surface area contributed by atoms with E-state index in [4.69, 9.17) is 4.74 Å². The van der Waals surface area contributed by atoms with Crippen LogP contribution in [0.3, 0.4) is 0 Å². The molecule has 0 saturated carbocycles. The summed E-state index contributed by atoms with van der Waals surface area (Å²) in [6, 6.07) is 3.50. The van der Waals surface area contributed by atoms with Gasteiger partial charge in [-0.25, -0.2) is 0 Å². The van der Waals surface area contributed by atoms with Crippen LogP contribution in [0.25, 0.3) is 0 Å². The van der Waals surface area contributed by atoms with Crippen molar-refractivity contribution in [1.82, 2.24) is 9.80 Å². The molecule has 0 bridgehead atoms. The molecule has 2 aliphatic heterocycles. The van der Waals surface area contributed by atoms with Crippen molar-refractivity contribution in [3.05, 3.63) is 21.9 Å². The first-order chi connectivity index (χ1) is 12.2. The Bertz CT molecular complexity index is 551. The number of ether oxygens (including phenoxy) is 1. The van der Waals surface area contributed by atoms with Crippen molar-refractivity contribution in [2.24, 2.45) is 0 Å². The molecule has 2 atom stereocenters. The first kappa shape index (κ1) is 18.8. The van der Waals surface area contributed by atoms with Gasteiger partial charge in [0.15, 0.2) is 0 Å². The van der Waals surface area contributed by atoms with E-state index in [1.54, 1.807) is 11.3 Å². The Morgan fingerprint density at radius 3 is 2.52 bits per heavy atom. The van der Waals surface area contributed by atoms with E-state index in [0.717, 1.165) is 50.4 Å². The lowest BCUT2D eigenvalue weighted by molar-refractivity contribution is -0.155. The number of hydrogen-bond donors (Lipinski definition) is 1. The highest BCUT2D eigenvalue weighted by molar-refractivity contribution is 7.12. The molecule has 140 valence electrons. The summed E-state index contributed by atoms with van der Waals surface area (Å²) in [4.78, 5) is 19.2. The fraction of sp³-hybridized carbons (Fsp3) is 0.737. The molecule has 25 heavy (non-hydrogen) atoms. The summed E-state index contributed by atoms with van der Waals surface area (Å²) < 4.78 is 5.27. The van der Waals surface area contributed by atoms with E-state index in [-0.39, 0.29) is 5.97 Å². The molecule has 1 aromatic heterocycles. The van der Waals surface area contributed by atoms with E-state index < -0.39 is 12.1 Å². The Labute approximate surface area is 154 Å². The molecule has 1 N–H and O–H groups in total. The molecule has 0 spiro atoms. The Hall–Kier alpha value is -0.950. The molecule has 0 radical (unpaired) electrons. The number of hydrogen-bond acceptors (Lipinski definition) is 6. The minimum atomic E-state index is -0.811. The number of piperidine rings is 1. The quantitative estimate of drug-likeness (QED) is 0.752. The Balaban J connectivity index is 1.70. The van der Waals surface area contributed by atoms with Gasteiger partial charge in [0.1, 0.15) is 12.1 Å². The van der Waals surface area contributed by atoms with Gasteiger partial charge in [-0.15, -0.1) is 11.3 Å². The summed E-state index contributed by atoms with van der Waals surface area (Å²) in [6.07, 6.45) is 5.10.